The third kappa shape index (κ3) is 19.9. The molecule has 0 aromatic heterocycles. The van der Waals surface area contributed by atoms with E-state index < -0.39 is 0 Å². The van der Waals surface area contributed by atoms with Crippen molar-refractivity contribution in [2.45, 2.75) is 231 Å². The highest BCUT2D eigenvalue weighted by atomic mass is 16.1. The van der Waals surface area contributed by atoms with Crippen molar-refractivity contribution in [1.82, 2.24) is 4.90 Å². The Balaban J connectivity index is 1.58. The summed E-state index contributed by atoms with van der Waals surface area (Å²) in [4.78, 5) is 16.2. The molecule has 1 aliphatic carbocycles. The van der Waals surface area contributed by atoms with Crippen molar-refractivity contribution < 1.29 is 4.79 Å². The predicted molar refractivity (Wildman–Crippen MR) is 214 cm³/mol. The van der Waals surface area contributed by atoms with Gasteiger partial charge in [-0.15, -0.1) is 0 Å². The normalized spacial score (nSPS) is 21.0. The topological polar surface area (TPSA) is 20.3 Å². The van der Waals surface area contributed by atoms with Gasteiger partial charge in [0.05, 0.1) is 6.04 Å². The summed E-state index contributed by atoms with van der Waals surface area (Å²) in [6.45, 7) is 4.57. The van der Waals surface area contributed by atoms with E-state index in [1.165, 1.54) is 193 Å². The summed E-state index contributed by atoms with van der Waals surface area (Å²) in [6.07, 6.45) is 56.6. The molecule has 4 unspecified atom stereocenters. The van der Waals surface area contributed by atoms with Crippen LogP contribution in [0, 0.1) is 11.8 Å². The minimum Gasteiger partial charge on any atom is -0.298 e. The minimum atomic E-state index is 0.208. The standard InChI is InChI=1S/C46H83NO/c1-4-6-8-10-12-14-16-18-20-22-24-26-28-30-32-34-38-42(45-46(48)43-40-36-37-41-44(43)47(45)3)39-35-33-31-29-27-25-23-21-19-17-15-13-11-9-7-5-2/h12,14,18-21,42-45H,4-11,13,15-17,22-41H2,1-3H3/b14-12-,20-18-,21-19-. The second-order valence-corrected chi connectivity index (χ2v) is 15.8. The van der Waals surface area contributed by atoms with Gasteiger partial charge in [0.15, 0.2) is 5.78 Å². The highest BCUT2D eigenvalue weighted by Crippen LogP contribution is 2.41. The van der Waals surface area contributed by atoms with Crippen molar-refractivity contribution in [2.24, 2.45) is 11.8 Å². The van der Waals surface area contributed by atoms with Crippen LogP contribution in [0.3, 0.4) is 0 Å². The lowest BCUT2D eigenvalue weighted by Crippen LogP contribution is -2.40. The predicted octanol–water partition coefficient (Wildman–Crippen LogP) is 14.7. The first-order valence-electron chi connectivity index (χ1n) is 21.9. The van der Waals surface area contributed by atoms with E-state index in [1.807, 2.05) is 0 Å². The van der Waals surface area contributed by atoms with Crippen molar-refractivity contribution in [1.29, 1.82) is 0 Å². The SMILES string of the molecule is CCCCC/C=C\C/C=C\CCCCCCCCC(CCCCCCCC/C=C\CCCCCCCC)C1C(=O)C2CCCCC2N1C. The van der Waals surface area contributed by atoms with Crippen molar-refractivity contribution in [2.75, 3.05) is 7.05 Å². The first kappa shape index (κ1) is 43.0. The molecule has 1 saturated carbocycles. The number of unbranched alkanes of at least 4 members (excludes halogenated alkanes) is 21. The highest BCUT2D eigenvalue weighted by Gasteiger charge is 2.49. The average Bonchev–Trinajstić information content (AvgIpc) is 3.35. The van der Waals surface area contributed by atoms with Gasteiger partial charge in [0, 0.05) is 12.0 Å². The van der Waals surface area contributed by atoms with Crippen LogP contribution >= 0.6 is 0 Å². The molecule has 2 nitrogen and oxygen atoms in total. The molecule has 1 saturated heterocycles. The maximum Gasteiger partial charge on any atom is 0.154 e. The minimum absolute atomic E-state index is 0.208. The van der Waals surface area contributed by atoms with Gasteiger partial charge in [-0.2, -0.15) is 0 Å². The number of hydrogen-bond donors (Lipinski definition) is 0. The molecule has 278 valence electrons. The Morgan fingerprint density at radius 3 is 1.44 bits per heavy atom. The average molecular weight is 666 g/mol. The number of carbonyl (C=O) groups is 1. The number of Topliss-reactive ketones (excluding diaryl/α,β-unsaturated/α-hetero) is 1. The third-order valence-electron chi connectivity index (χ3n) is 11.7. The van der Waals surface area contributed by atoms with Gasteiger partial charge >= 0.3 is 0 Å². The first-order valence-corrected chi connectivity index (χ1v) is 21.9. The van der Waals surface area contributed by atoms with Crippen molar-refractivity contribution >= 4 is 5.78 Å². The molecular formula is C46H83NO. The molecule has 1 heterocycles. The molecule has 48 heavy (non-hydrogen) atoms. The van der Waals surface area contributed by atoms with Gasteiger partial charge in [-0.3, -0.25) is 9.69 Å². The Morgan fingerprint density at radius 1 is 0.542 bits per heavy atom. The summed E-state index contributed by atoms with van der Waals surface area (Å²) < 4.78 is 0. The number of allylic oxidation sites excluding steroid dienone is 6. The Morgan fingerprint density at radius 2 is 0.938 bits per heavy atom. The summed E-state index contributed by atoms with van der Waals surface area (Å²) in [6, 6.07) is 0.744. The molecule has 0 aromatic carbocycles. The lowest BCUT2D eigenvalue weighted by Gasteiger charge is -2.32. The van der Waals surface area contributed by atoms with E-state index in [-0.39, 0.29) is 6.04 Å². The van der Waals surface area contributed by atoms with Gasteiger partial charge in [0.2, 0.25) is 0 Å². The van der Waals surface area contributed by atoms with Crippen LogP contribution in [0.25, 0.3) is 0 Å². The van der Waals surface area contributed by atoms with Crippen LogP contribution in [0.1, 0.15) is 219 Å². The Labute approximate surface area is 301 Å². The van der Waals surface area contributed by atoms with Gasteiger partial charge in [-0.05, 0) is 96.4 Å². The van der Waals surface area contributed by atoms with Crippen molar-refractivity contribution in [3.05, 3.63) is 36.5 Å². The van der Waals surface area contributed by atoms with Gasteiger partial charge in [0.25, 0.3) is 0 Å². The molecule has 0 aromatic rings. The number of hydrogen-bond acceptors (Lipinski definition) is 2. The smallest absolute Gasteiger partial charge is 0.154 e. The van der Waals surface area contributed by atoms with Crippen LogP contribution in [-0.2, 0) is 4.79 Å². The zero-order chi connectivity index (χ0) is 34.3. The number of ketones is 1. The van der Waals surface area contributed by atoms with Gasteiger partial charge < -0.3 is 0 Å². The van der Waals surface area contributed by atoms with Crippen LogP contribution in [0.15, 0.2) is 36.5 Å². The molecule has 0 radical (unpaired) electrons. The number of rotatable bonds is 32. The summed E-state index contributed by atoms with van der Waals surface area (Å²) in [5, 5.41) is 0. The van der Waals surface area contributed by atoms with Crippen molar-refractivity contribution in [3.8, 4) is 0 Å². The van der Waals surface area contributed by atoms with Crippen LogP contribution in [0.4, 0.5) is 0 Å². The maximum absolute atomic E-state index is 13.7. The van der Waals surface area contributed by atoms with Crippen molar-refractivity contribution in [3.63, 3.8) is 0 Å². The Kier molecular flexibility index (Phi) is 27.5. The third-order valence-corrected chi connectivity index (χ3v) is 11.7. The van der Waals surface area contributed by atoms with Crippen LogP contribution in [0.2, 0.25) is 0 Å². The fourth-order valence-electron chi connectivity index (χ4n) is 8.63. The first-order chi connectivity index (χ1) is 23.7. The summed E-state index contributed by atoms with van der Waals surface area (Å²) in [5.41, 5.74) is 0. The second-order valence-electron chi connectivity index (χ2n) is 15.8. The highest BCUT2D eigenvalue weighted by molar-refractivity contribution is 5.89. The zero-order valence-electron chi connectivity index (χ0n) is 32.8. The second kappa shape index (κ2) is 30.7. The molecule has 0 N–H and O–H groups in total. The summed E-state index contributed by atoms with van der Waals surface area (Å²) >= 11 is 0. The summed E-state index contributed by atoms with van der Waals surface area (Å²) in [5.74, 6) is 1.54. The Bertz CT molecular complexity index is 826. The zero-order valence-corrected chi connectivity index (χ0v) is 32.8. The van der Waals surface area contributed by atoms with E-state index >= 15 is 0 Å². The molecule has 2 rings (SSSR count). The maximum atomic E-state index is 13.7. The monoisotopic (exact) mass is 666 g/mol. The number of likely N-dealkylation sites (tertiary alicyclic amines) is 1. The molecule has 0 amide bonds. The number of carbonyl (C=O) groups excluding carboxylic acids is 1. The lowest BCUT2D eigenvalue weighted by atomic mass is 9.81. The molecule has 0 spiro atoms. The number of fused-ring (bicyclic) bond motifs is 1. The molecule has 1 aliphatic heterocycles. The number of likely N-dealkylation sites (N-methyl/N-ethyl adjacent to an activating group) is 1. The fourth-order valence-corrected chi connectivity index (χ4v) is 8.63. The van der Waals surface area contributed by atoms with Crippen LogP contribution in [-0.4, -0.2) is 29.8 Å². The van der Waals surface area contributed by atoms with Gasteiger partial charge in [0.1, 0.15) is 0 Å². The van der Waals surface area contributed by atoms with Crippen LogP contribution in [0.5, 0.6) is 0 Å². The molecular weight excluding hydrogens is 583 g/mol. The van der Waals surface area contributed by atoms with Gasteiger partial charge in [-0.25, -0.2) is 0 Å². The van der Waals surface area contributed by atoms with Gasteiger partial charge in [-0.1, -0.05) is 172 Å². The van der Waals surface area contributed by atoms with E-state index in [0.717, 1.165) is 12.8 Å². The van der Waals surface area contributed by atoms with E-state index in [9.17, 15) is 4.79 Å². The van der Waals surface area contributed by atoms with Crippen LogP contribution < -0.4 is 0 Å². The van der Waals surface area contributed by atoms with E-state index in [4.69, 9.17) is 0 Å². The Hall–Kier alpha value is -1.15. The quantitative estimate of drug-likeness (QED) is 0.0526. The molecule has 2 aliphatic rings. The number of nitrogens with zero attached hydrogens (tertiary/aromatic N) is 1. The van der Waals surface area contributed by atoms with E-state index in [1.54, 1.807) is 0 Å². The lowest BCUT2D eigenvalue weighted by molar-refractivity contribution is -0.124. The summed E-state index contributed by atoms with van der Waals surface area (Å²) in [7, 11) is 2.30. The molecule has 0 bridgehead atoms. The molecule has 2 heteroatoms. The molecule has 2 fully saturated rings. The largest absolute Gasteiger partial charge is 0.298 e. The van der Waals surface area contributed by atoms with E-state index in [2.05, 4.69) is 62.3 Å². The molecule has 4 atom stereocenters. The van der Waals surface area contributed by atoms with E-state index in [0.29, 0.717) is 23.7 Å². The fraction of sp³-hybridized carbons (Fsp3) is 0.848.